The summed E-state index contributed by atoms with van der Waals surface area (Å²) in [6.07, 6.45) is 14.0. The van der Waals surface area contributed by atoms with Gasteiger partial charge in [0.2, 0.25) is 0 Å². The van der Waals surface area contributed by atoms with Crippen molar-refractivity contribution in [3.63, 3.8) is 0 Å². The fourth-order valence-corrected chi connectivity index (χ4v) is 4.65. The highest BCUT2D eigenvalue weighted by Gasteiger charge is 2.26. The molecule has 31 heavy (non-hydrogen) atoms. The number of rotatable bonds is 13. The topological polar surface area (TPSA) is 12.2 Å². The molecule has 3 rings (SSSR count). The van der Waals surface area contributed by atoms with Crippen LogP contribution >= 0.6 is 0 Å². The van der Waals surface area contributed by atoms with E-state index in [1.165, 1.54) is 74.6 Å². The van der Waals surface area contributed by atoms with Crippen LogP contribution in [0.2, 0.25) is 0 Å². The predicted molar refractivity (Wildman–Crippen MR) is 128 cm³/mol. The van der Waals surface area contributed by atoms with Crippen LogP contribution < -0.4 is 4.74 Å². The molecular weight excluding hydrogens is 385 g/mol. The summed E-state index contributed by atoms with van der Waals surface area (Å²) < 4.78 is 22.2. The van der Waals surface area contributed by atoms with Gasteiger partial charge in [-0.3, -0.25) is 0 Å². The number of nitrogens with zero attached hydrogens (tertiary/aromatic N) is 1. The van der Waals surface area contributed by atoms with Gasteiger partial charge in [-0.15, -0.1) is 0 Å². The molecule has 2 nitrogen and oxygen atoms in total. The number of ether oxygens (including phenoxy) is 1. The van der Waals surface area contributed by atoms with Gasteiger partial charge >= 0.3 is 0 Å². The van der Waals surface area contributed by atoms with Crippen molar-refractivity contribution in [2.24, 2.45) is 0 Å². The van der Waals surface area contributed by atoms with Crippen molar-refractivity contribution >= 4 is 5.71 Å². The number of unbranched alkanes of at least 4 members (excludes halogenated alkanes) is 8. The van der Waals surface area contributed by atoms with Crippen LogP contribution in [0, 0.1) is 5.82 Å². The van der Waals surface area contributed by atoms with Crippen LogP contribution in [0.1, 0.15) is 87.8 Å². The van der Waals surface area contributed by atoms with Crippen LogP contribution in [0.5, 0.6) is 5.75 Å². The number of hydrogen-bond acceptors (Lipinski definition) is 1. The number of benzene rings is 2. The predicted octanol–water partition coefficient (Wildman–Crippen LogP) is 7.31. The average Bonchev–Trinajstić information content (AvgIpc) is 2.80. The lowest BCUT2D eigenvalue weighted by molar-refractivity contribution is -0.546. The number of halogens is 1. The maximum absolute atomic E-state index is 14.3. The largest absolute Gasteiger partial charge is 0.497 e. The van der Waals surface area contributed by atoms with Crippen molar-refractivity contribution in [2.75, 3.05) is 13.7 Å². The molecule has 0 saturated carbocycles. The molecule has 2 aromatic rings. The van der Waals surface area contributed by atoms with Gasteiger partial charge < -0.3 is 4.74 Å². The molecule has 0 amide bonds. The van der Waals surface area contributed by atoms with Crippen molar-refractivity contribution in [2.45, 2.75) is 84.1 Å². The minimum atomic E-state index is -0.106. The summed E-state index contributed by atoms with van der Waals surface area (Å²) in [5, 5.41) is 0. The molecule has 1 aliphatic rings. The van der Waals surface area contributed by atoms with E-state index >= 15 is 0 Å². The van der Waals surface area contributed by atoms with E-state index in [9.17, 15) is 4.39 Å². The van der Waals surface area contributed by atoms with Crippen molar-refractivity contribution in [3.05, 3.63) is 65.0 Å². The number of methoxy groups -OCH3 is 1. The first-order valence-electron chi connectivity index (χ1n) is 12.2. The molecule has 0 N–H and O–H groups in total. The molecule has 168 valence electrons. The van der Waals surface area contributed by atoms with E-state index in [1.54, 1.807) is 19.2 Å². The van der Waals surface area contributed by atoms with E-state index in [0.29, 0.717) is 6.54 Å². The van der Waals surface area contributed by atoms with Gasteiger partial charge in [0, 0.05) is 18.4 Å². The lowest BCUT2D eigenvalue weighted by Crippen LogP contribution is -2.30. The Bertz CT molecular complexity index is 858. The number of fused-ring (bicyclic) bond motifs is 1. The quantitative estimate of drug-likeness (QED) is 0.242. The molecule has 0 bridgehead atoms. The van der Waals surface area contributed by atoms with Crippen LogP contribution in [0.4, 0.5) is 4.39 Å². The van der Waals surface area contributed by atoms with Crippen LogP contribution in [0.3, 0.4) is 0 Å². The molecule has 0 spiro atoms. The second-order valence-corrected chi connectivity index (χ2v) is 8.81. The molecule has 0 fully saturated rings. The Morgan fingerprint density at radius 2 is 1.61 bits per heavy atom. The van der Waals surface area contributed by atoms with Gasteiger partial charge in [-0.05, 0) is 42.3 Å². The summed E-state index contributed by atoms with van der Waals surface area (Å²) >= 11 is 0. The van der Waals surface area contributed by atoms with Gasteiger partial charge in [0.15, 0.2) is 12.3 Å². The van der Waals surface area contributed by atoms with Gasteiger partial charge in [0.05, 0.1) is 12.7 Å². The van der Waals surface area contributed by atoms with E-state index < -0.39 is 0 Å². The lowest BCUT2D eigenvalue weighted by atomic mass is 9.92. The zero-order chi connectivity index (χ0) is 21.9. The second-order valence-electron chi connectivity index (χ2n) is 8.81. The standard InChI is InChI=1S/C28H39FNO/c1-3-4-5-6-7-8-9-10-11-16-28-26-18-17-25(31-2)21-23(26)19-20-30(28)22-24-14-12-13-15-27(24)29/h12-15,17-18,21H,3-11,16,19-20,22H2,1-2H3/q+1. The Labute approximate surface area is 188 Å². The average molecular weight is 425 g/mol. The zero-order valence-electron chi connectivity index (χ0n) is 19.5. The summed E-state index contributed by atoms with van der Waals surface area (Å²) in [4.78, 5) is 0. The Hall–Kier alpha value is -2.16. The van der Waals surface area contributed by atoms with Crippen LogP contribution in [-0.4, -0.2) is 23.9 Å². The third-order valence-electron chi connectivity index (χ3n) is 6.49. The van der Waals surface area contributed by atoms with Crippen molar-refractivity contribution in [3.8, 4) is 5.75 Å². The molecule has 0 saturated heterocycles. The van der Waals surface area contributed by atoms with Crippen LogP contribution in [-0.2, 0) is 13.0 Å². The molecule has 1 heterocycles. The Morgan fingerprint density at radius 3 is 2.32 bits per heavy atom. The Balaban J connectivity index is 1.65. The minimum absolute atomic E-state index is 0.106. The highest BCUT2D eigenvalue weighted by atomic mass is 19.1. The lowest BCUT2D eigenvalue weighted by Gasteiger charge is -2.20. The zero-order valence-corrected chi connectivity index (χ0v) is 19.5. The molecule has 2 aromatic carbocycles. The fraction of sp³-hybridized carbons (Fsp3) is 0.536. The third kappa shape index (κ3) is 6.92. The van der Waals surface area contributed by atoms with E-state index in [2.05, 4.69) is 29.7 Å². The Kier molecular flexibility index (Phi) is 9.58. The molecule has 0 unspecified atom stereocenters. The fourth-order valence-electron chi connectivity index (χ4n) is 4.65. The summed E-state index contributed by atoms with van der Waals surface area (Å²) in [6.45, 7) is 3.85. The van der Waals surface area contributed by atoms with E-state index in [-0.39, 0.29) is 5.82 Å². The van der Waals surface area contributed by atoms with Gasteiger partial charge in [-0.1, -0.05) is 70.4 Å². The number of hydrogen-bond donors (Lipinski definition) is 0. The second kappa shape index (κ2) is 12.6. The molecular formula is C28H39FNO+. The van der Waals surface area contributed by atoms with Crippen molar-refractivity contribution in [1.29, 1.82) is 0 Å². The highest BCUT2D eigenvalue weighted by Crippen LogP contribution is 2.25. The normalized spacial score (nSPS) is 13.4. The van der Waals surface area contributed by atoms with Crippen molar-refractivity contribution in [1.82, 2.24) is 0 Å². The summed E-state index contributed by atoms with van der Waals surface area (Å²) in [6, 6.07) is 13.6. The first-order valence-corrected chi connectivity index (χ1v) is 12.2. The smallest absolute Gasteiger partial charge is 0.183 e. The van der Waals surface area contributed by atoms with Crippen LogP contribution in [0.25, 0.3) is 0 Å². The maximum Gasteiger partial charge on any atom is 0.183 e. The molecule has 3 heteroatoms. The summed E-state index contributed by atoms with van der Waals surface area (Å²) in [5.41, 5.74) is 4.83. The van der Waals surface area contributed by atoms with Gasteiger partial charge in [0.1, 0.15) is 18.1 Å². The molecule has 0 radical (unpaired) electrons. The van der Waals surface area contributed by atoms with E-state index in [0.717, 1.165) is 30.7 Å². The minimum Gasteiger partial charge on any atom is -0.497 e. The van der Waals surface area contributed by atoms with E-state index in [4.69, 9.17) is 4.74 Å². The van der Waals surface area contributed by atoms with Crippen molar-refractivity contribution < 1.29 is 13.7 Å². The molecule has 0 atom stereocenters. The molecule has 0 aromatic heterocycles. The maximum atomic E-state index is 14.3. The first-order chi connectivity index (χ1) is 15.2. The first kappa shape index (κ1) is 23.5. The SMILES string of the molecule is CCCCCCCCCCCC1=[N+](Cc2ccccc2F)CCc2cc(OC)ccc21. The van der Waals surface area contributed by atoms with E-state index in [1.807, 2.05) is 12.1 Å². The summed E-state index contributed by atoms with van der Waals surface area (Å²) in [5.74, 6) is 0.814. The van der Waals surface area contributed by atoms with Gasteiger partial charge in [-0.2, -0.15) is 0 Å². The van der Waals surface area contributed by atoms with Crippen LogP contribution in [0.15, 0.2) is 42.5 Å². The highest BCUT2D eigenvalue weighted by molar-refractivity contribution is 5.98. The van der Waals surface area contributed by atoms with Gasteiger partial charge in [-0.25, -0.2) is 8.97 Å². The summed E-state index contributed by atoms with van der Waals surface area (Å²) in [7, 11) is 1.72. The van der Waals surface area contributed by atoms with Gasteiger partial charge in [0.25, 0.3) is 0 Å². The molecule has 1 aliphatic heterocycles. The third-order valence-corrected chi connectivity index (χ3v) is 6.49. The monoisotopic (exact) mass is 424 g/mol. The Morgan fingerprint density at radius 1 is 0.903 bits per heavy atom. The molecule has 0 aliphatic carbocycles.